The van der Waals surface area contributed by atoms with Crippen LogP contribution < -0.4 is 0 Å². The van der Waals surface area contributed by atoms with Crippen LogP contribution in [-0.2, 0) is 0 Å². The maximum absolute atomic E-state index is 4.18. The molecule has 0 N–H and O–H groups in total. The van der Waals surface area contributed by atoms with Gasteiger partial charge in [-0.25, -0.2) is 0 Å². The van der Waals surface area contributed by atoms with Gasteiger partial charge in [-0.1, -0.05) is 34.4 Å². The predicted octanol–water partition coefficient (Wildman–Crippen LogP) is 2.94. The number of rotatable bonds is 3. The summed E-state index contributed by atoms with van der Waals surface area (Å²) in [7, 11) is 0. The minimum atomic E-state index is 0.520. The summed E-state index contributed by atoms with van der Waals surface area (Å²) < 4.78 is 1.20. The van der Waals surface area contributed by atoms with Gasteiger partial charge < -0.3 is 0 Å². The van der Waals surface area contributed by atoms with Gasteiger partial charge in [0, 0.05) is 17.3 Å². The van der Waals surface area contributed by atoms with Crippen LogP contribution in [-0.4, -0.2) is 10.5 Å². The molecule has 1 unspecified atom stereocenters. The van der Waals surface area contributed by atoms with Crippen molar-refractivity contribution in [2.75, 3.05) is 4.43 Å². The number of hydrogen-bond acceptors (Lipinski definition) is 0. The highest BCUT2D eigenvalue weighted by Crippen LogP contribution is 2.04. The number of alkyl halides is 1. The Kier molecular flexibility index (Phi) is 6.50. The second-order valence-electron chi connectivity index (χ2n) is 1.89. The molecule has 0 aromatic carbocycles. The molecule has 0 fully saturated rings. The molecule has 0 heterocycles. The summed E-state index contributed by atoms with van der Waals surface area (Å²) in [4.78, 5) is 4.18. The molecule has 1 nitrogen and oxygen atoms in total. The first-order valence-corrected chi connectivity index (χ1v) is 4.80. The van der Waals surface area contributed by atoms with Crippen molar-refractivity contribution < 1.29 is 0 Å². The zero-order valence-corrected chi connectivity index (χ0v) is 8.18. The smallest absolute Gasteiger partial charge is 0.0861 e. The lowest BCUT2D eigenvalue weighted by Gasteiger charge is -1.90. The summed E-state index contributed by atoms with van der Waals surface area (Å²) in [5.41, 5.74) is 0. The van der Waals surface area contributed by atoms with Crippen molar-refractivity contribution in [3.05, 3.63) is 4.85 Å². The van der Waals surface area contributed by atoms with Crippen LogP contribution >= 0.6 is 22.6 Å². The Labute approximate surface area is 70.8 Å². The summed E-state index contributed by atoms with van der Waals surface area (Å²) in [5.74, 6) is 0. The van der Waals surface area contributed by atoms with Crippen LogP contribution in [0.5, 0.6) is 0 Å². The summed E-state index contributed by atoms with van der Waals surface area (Å²) in [6, 6.07) is 3.35. The molecule has 2 heteroatoms. The summed E-state index contributed by atoms with van der Waals surface area (Å²) in [6.45, 7) is 4.02. The van der Waals surface area contributed by atoms with Crippen molar-refractivity contribution >= 4 is 22.6 Å². The van der Waals surface area contributed by atoms with Crippen LogP contribution in [0.4, 0.5) is 0 Å². The monoisotopic (exact) mass is 238 g/mol. The van der Waals surface area contributed by atoms with Crippen LogP contribution in [0.2, 0.25) is 0 Å². The molecule has 0 radical (unpaired) electrons. The van der Waals surface area contributed by atoms with Crippen LogP contribution in [0.1, 0.15) is 26.7 Å². The van der Waals surface area contributed by atoms with Gasteiger partial charge in [0.25, 0.3) is 12.1 Å². The molecular formula is C7H13IN+. The lowest BCUT2D eigenvalue weighted by atomic mass is 10.2. The van der Waals surface area contributed by atoms with Gasteiger partial charge in [-0.15, -0.1) is 0 Å². The second kappa shape index (κ2) is 6.34. The zero-order chi connectivity index (χ0) is 7.11. The van der Waals surface area contributed by atoms with E-state index in [2.05, 4.69) is 40.4 Å². The lowest BCUT2D eigenvalue weighted by Crippen LogP contribution is -1.99. The number of nitrogens with zero attached hydrogens (tertiary/aromatic N) is 1. The van der Waals surface area contributed by atoms with Crippen molar-refractivity contribution in [1.29, 1.82) is 0 Å². The maximum atomic E-state index is 4.18. The lowest BCUT2D eigenvalue weighted by molar-refractivity contribution is 0.724. The van der Waals surface area contributed by atoms with E-state index in [0.29, 0.717) is 6.04 Å². The standard InChI is InChI=1S/C7H13IN/c1-3-7(5-6-8)9-4-2/h7H,3,5-6H2,1-2H3/q+1. The maximum Gasteiger partial charge on any atom is 0.272 e. The Morgan fingerprint density at radius 1 is 1.67 bits per heavy atom. The highest BCUT2D eigenvalue weighted by Gasteiger charge is 2.10. The van der Waals surface area contributed by atoms with Gasteiger partial charge in [-0.3, -0.25) is 0 Å². The Balaban J connectivity index is 3.50. The van der Waals surface area contributed by atoms with E-state index < -0.39 is 0 Å². The third-order valence-electron chi connectivity index (χ3n) is 1.23. The highest BCUT2D eigenvalue weighted by atomic mass is 127. The highest BCUT2D eigenvalue weighted by molar-refractivity contribution is 14.1. The second-order valence-corrected chi connectivity index (χ2v) is 2.97. The topological polar surface area (TPSA) is 4.36 Å². The SMILES string of the molecule is CC#[N+]C(CC)CCI. The fourth-order valence-corrected chi connectivity index (χ4v) is 1.39. The van der Waals surface area contributed by atoms with E-state index in [9.17, 15) is 0 Å². The van der Waals surface area contributed by atoms with Gasteiger partial charge >= 0.3 is 0 Å². The Bertz CT molecular complexity index is 112. The van der Waals surface area contributed by atoms with Gasteiger partial charge in [0.2, 0.25) is 0 Å². The summed E-state index contributed by atoms with van der Waals surface area (Å²) in [5, 5.41) is 0. The van der Waals surface area contributed by atoms with E-state index in [4.69, 9.17) is 0 Å². The molecule has 0 spiro atoms. The van der Waals surface area contributed by atoms with Crippen LogP contribution in [0, 0.1) is 6.07 Å². The van der Waals surface area contributed by atoms with E-state index in [1.165, 1.54) is 10.8 Å². The average molecular weight is 238 g/mol. The van der Waals surface area contributed by atoms with E-state index in [1.807, 2.05) is 6.92 Å². The predicted molar refractivity (Wildman–Crippen MR) is 50.5 cm³/mol. The summed E-state index contributed by atoms with van der Waals surface area (Å²) in [6.07, 6.45) is 2.34. The molecule has 0 bridgehead atoms. The minimum absolute atomic E-state index is 0.520. The normalized spacial score (nSPS) is 11.9. The first kappa shape index (κ1) is 9.22. The molecule has 0 aliphatic carbocycles. The molecule has 0 aliphatic rings. The zero-order valence-electron chi connectivity index (χ0n) is 6.02. The fourth-order valence-electron chi connectivity index (χ4n) is 0.668. The van der Waals surface area contributed by atoms with Gasteiger partial charge in [0.1, 0.15) is 0 Å². The minimum Gasteiger partial charge on any atom is -0.0861 e. The molecule has 0 amide bonds. The van der Waals surface area contributed by atoms with E-state index in [0.717, 1.165) is 6.42 Å². The molecule has 0 saturated heterocycles. The molecule has 9 heavy (non-hydrogen) atoms. The van der Waals surface area contributed by atoms with Gasteiger partial charge in [-0.05, 0) is 0 Å². The molecule has 0 rings (SSSR count). The fraction of sp³-hybridized carbons (Fsp3) is 0.857. The number of halogens is 1. The van der Waals surface area contributed by atoms with Crippen molar-refractivity contribution in [3.63, 3.8) is 0 Å². The Morgan fingerprint density at radius 2 is 2.33 bits per heavy atom. The van der Waals surface area contributed by atoms with Crippen molar-refractivity contribution in [3.8, 4) is 6.07 Å². The molecule has 0 saturated carbocycles. The van der Waals surface area contributed by atoms with Gasteiger partial charge in [-0.2, -0.15) is 0 Å². The van der Waals surface area contributed by atoms with E-state index in [-0.39, 0.29) is 0 Å². The Morgan fingerprint density at radius 3 is 2.67 bits per heavy atom. The molecular weight excluding hydrogens is 225 g/mol. The first-order chi connectivity index (χ1) is 4.35. The van der Waals surface area contributed by atoms with Crippen LogP contribution in [0.25, 0.3) is 4.85 Å². The van der Waals surface area contributed by atoms with Crippen LogP contribution in [0.15, 0.2) is 0 Å². The largest absolute Gasteiger partial charge is 0.272 e. The van der Waals surface area contributed by atoms with Gasteiger partial charge in [0.05, 0.1) is 6.92 Å². The Hall–Kier alpha value is 0.220. The third kappa shape index (κ3) is 4.71. The van der Waals surface area contributed by atoms with Crippen molar-refractivity contribution in [2.45, 2.75) is 32.7 Å². The quantitative estimate of drug-likeness (QED) is 0.526. The molecule has 1 atom stereocenters. The molecule has 0 aliphatic heterocycles. The third-order valence-corrected chi connectivity index (χ3v) is 1.85. The summed E-state index contributed by atoms with van der Waals surface area (Å²) >= 11 is 2.38. The van der Waals surface area contributed by atoms with Crippen molar-refractivity contribution in [2.24, 2.45) is 0 Å². The van der Waals surface area contributed by atoms with Gasteiger partial charge in [0.15, 0.2) is 0 Å². The molecule has 0 aromatic rings. The van der Waals surface area contributed by atoms with E-state index >= 15 is 0 Å². The van der Waals surface area contributed by atoms with Crippen LogP contribution in [0.3, 0.4) is 0 Å². The van der Waals surface area contributed by atoms with Crippen molar-refractivity contribution in [1.82, 2.24) is 0 Å². The average Bonchev–Trinajstić information content (AvgIpc) is 1.88. The van der Waals surface area contributed by atoms with E-state index in [1.54, 1.807) is 0 Å². The molecule has 52 valence electrons. The first-order valence-electron chi connectivity index (χ1n) is 3.27. The molecule has 0 aromatic heterocycles. The number of hydrogen-bond donors (Lipinski definition) is 0.